The third-order valence-electron chi connectivity index (χ3n) is 3.60. The van der Waals surface area contributed by atoms with Crippen molar-refractivity contribution in [1.82, 2.24) is 14.5 Å². The van der Waals surface area contributed by atoms with Crippen LogP contribution in [0.3, 0.4) is 0 Å². The second kappa shape index (κ2) is 7.36. The highest BCUT2D eigenvalue weighted by atomic mass is 32.2. The van der Waals surface area contributed by atoms with E-state index >= 15 is 0 Å². The number of rotatable bonds is 5. The highest BCUT2D eigenvalue weighted by Crippen LogP contribution is 2.27. The maximum absolute atomic E-state index is 11.9. The van der Waals surface area contributed by atoms with Crippen LogP contribution < -0.4 is 0 Å². The Labute approximate surface area is 146 Å². The van der Waals surface area contributed by atoms with Gasteiger partial charge in [-0.25, -0.2) is 4.98 Å². The highest BCUT2D eigenvalue weighted by Gasteiger charge is 2.14. The zero-order valence-electron chi connectivity index (χ0n) is 13.7. The summed E-state index contributed by atoms with van der Waals surface area (Å²) in [5.41, 5.74) is 3.00. The van der Waals surface area contributed by atoms with Gasteiger partial charge in [0.15, 0.2) is 5.16 Å². The van der Waals surface area contributed by atoms with Gasteiger partial charge >= 0.3 is 0 Å². The van der Waals surface area contributed by atoms with Gasteiger partial charge in [-0.1, -0.05) is 60.3 Å². The molecule has 5 heteroatoms. The summed E-state index contributed by atoms with van der Waals surface area (Å²) in [4.78, 5) is 18.3. The second-order valence-corrected chi connectivity index (χ2v) is 6.50. The maximum Gasteiger partial charge on any atom is 0.232 e. The van der Waals surface area contributed by atoms with Gasteiger partial charge in [0.2, 0.25) is 5.91 Å². The molecule has 1 aromatic heterocycles. The van der Waals surface area contributed by atoms with E-state index in [1.54, 1.807) is 19.0 Å². The molecule has 3 aromatic rings. The van der Waals surface area contributed by atoms with E-state index in [0.29, 0.717) is 5.75 Å². The molecular formula is C19H19N3OS. The van der Waals surface area contributed by atoms with Crippen molar-refractivity contribution in [2.24, 2.45) is 0 Å². The van der Waals surface area contributed by atoms with Crippen molar-refractivity contribution in [2.45, 2.75) is 5.16 Å². The van der Waals surface area contributed by atoms with Crippen molar-refractivity contribution >= 4 is 17.7 Å². The minimum atomic E-state index is 0.0730. The minimum Gasteiger partial charge on any atom is -0.348 e. The average Bonchev–Trinajstić information content (AvgIpc) is 3.05. The van der Waals surface area contributed by atoms with Crippen LogP contribution in [0.25, 0.3) is 16.9 Å². The van der Waals surface area contributed by atoms with Gasteiger partial charge in [-0.05, 0) is 12.1 Å². The number of carbonyl (C=O) groups is 1. The van der Waals surface area contributed by atoms with Crippen LogP contribution in [-0.2, 0) is 4.79 Å². The highest BCUT2D eigenvalue weighted by molar-refractivity contribution is 7.99. The quantitative estimate of drug-likeness (QED) is 0.666. The molecule has 0 fully saturated rings. The molecule has 0 aliphatic heterocycles. The maximum atomic E-state index is 11.9. The fourth-order valence-corrected chi connectivity index (χ4v) is 3.21. The number of amides is 1. The van der Waals surface area contributed by atoms with E-state index in [0.717, 1.165) is 22.1 Å². The zero-order valence-corrected chi connectivity index (χ0v) is 14.5. The van der Waals surface area contributed by atoms with Crippen LogP contribution in [0.5, 0.6) is 0 Å². The summed E-state index contributed by atoms with van der Waals surface area (Å²) in [7, 11) is 3.53. The molecule has 1 amide bonds. The molecule has 0 spiro atoms. The first-order chi connectivity index (χ1) is 11.6. The number of nitrogens with zero attached hydrogens (tertiary/aromatic N) is 3. The first kappa shape index (κ1) is 16.3. The summed E-state index contributed by atoms with van der Waals surface area (Å²) < 4.78 is 2.04. The molecule has 24 heavy (non-hydrogen) atoms. The molecule has 1 heterocycles. The van der Waals surface area contributed by atoms with Crippen molar-refractivity contribution in [3.8, 4) is 16.9 Å². The van der Waals surface area contributed by atoms with E-state index in [1.165, 1.54) is 11.8 Å². The van der Waals surface area contributed by atoms with Crippen molar-refractivity contribution in [2.75, 3.05) is 19.8 Å². The predicted molar refractivity (Wildman–Crippen MR) is 98.4 cm³/mol. The molecule has 2 aromatic carbocycles. The number of carbonyl (C=O) groups excluding carboxylic acids is 1. The van der Waals surface area contributed by atoms with Gasteiger partial charge < -0.3 is 4.90 Å². The molecule has 4 nitrogen and oxygen atoms in total. The Morgan fingerprint density at radius 1 is 1.04 bits per heavy atom. The Bertz CT molecular complexity index is 813. The largest absolute Gasteiger partial charge is 0.348 e. The Kier molecular flexibility index (Phi) is 5.01. The predicted octanol–water partition coefficient (Wildman–Crippen LogP) is 3.72. The van der Waals surface area contributed by atoms with Gasteiger partial charge in [0, 0.05) is 31.5 Å². The van der Waals surface area contributed by atoms with Crippen LogP contribution in [0.1, 0.15) is 0 Å². The Hall–Kier alpha value is -2.53. The van der Waals surface area contributed by atoms with Crippen molar-refractivity contribution < 1.29 is 4.79 Å². The van der Waals surface area contributed by atoms with Gasteiger partial charge in [0.1, 0.15) is 0 Å². The average molecular weight is 337 g/mol. The van der Waals surface area contributed by atoms with Gasteiger partial charge in [-0.2, -0.15) is 0 Å². The molecule has 0 saturated heterocycles. The molecule has 0 aliphatic rings. The molecule has 3 rings (SSSR count). The number of hydrogen-bond acceptors (Lipinski definition) is 3. The molecule has 0 N–H and O–H groups in total. The fraction of sp³-hybridized carbons (Fsp3) is 0.158. The topological polar surface area (TPSA) is 38.1 Å². The van der Waals surface area contributed by atoms with E-state index in [1.807, 2.05) is 71.4 Å². The van der Waals surface area contributed by atoms with Crippen LogP contribution in [0.15, 0.2) is 72.0 Å². The van der Waals surface area contributed by atoms with Gasteiger partial charge in [0.25, 0.3) is 0 Å². The van der Waals surface area contributed by atoms with Gasteiger partial charge in [-0.3, -0.25) is 9.36 Å². The van der Waals surface area contributed by atoms with E-state index in [4.69, 9.17) is 4.98 Å². The lowest BCUT2D eigenvalue weighted by molar-refractivity contribution is -0.125. The first-order valence-corrected chi connectivity index (χ1v) is 8.67. The van der Waals surface area contributed by atoms with E-state index in [9.17, 15) is 4.79 Å². The lowest BCUT2D eigenvalue weighted by Gasteiger charge is -2.10. The van der Waals surface area contributed by atoms with Crippen molar-refractivity contribution in [3.63, 3.8) is 0 Å². The van der Waals surface area contributed by atoms with Crippen LogP contribution in [0, 0.1) is 0 Å². The van der Waals surface area contributed by atoms with E-state index in [2.05, 4.69) is 0 Å². The Morgan fingerprint density at radius 2 is 1.67 bits per heavy atom. The summed E-state index contributed by atoms with van der Waals surface area (Å²) in [6.07, 6.45) is 2.02. The third-order valence-corrected chi connectivity index (χ3v) is 4.54. The summed E-state index contributed by atoms with van der Waals surface area (Å²) in [5.74, 6) is 0.439. The Balaban J connectivity index is 1.96. The van der Waals surface area contributed by atoms with Crippen molar-refractivity contribution in [3.05, 3.63) is 66.9 Å². The smallest absolute Gasteiger partial charge is 0.232 e. The van der Waals surface area contributed by atoms with Gasteiger partial charge in [-0.15, -0.1) is 0 Å². The minimum absolute atomic E-state index is 0.0730. The standard InChI is InChI=1S/C19H19N3OS/c1-21(2)18(23)14-24-19-20-17(15-9-5-3-6-10-15)13-22(19)16-11-7-4-8-12-16/h3-13H,14H2,1-2H3. The zero-order chi connectivity index (χ0) is 16.9. The molecule has 0 bridgehead atoms. The molecule has 0 aliphatic carbocycles. The molecule has 122 valence electrons. The molecular weight excluding hydrogens is 318 g/mol. The van der Waals surface area contributed by atoms with Crippen LogP contribution in [0.4, 0.5) is 0 Å². The molecule has 0 radical (unpaired) electrons. The third kappa shape index (κ3) is 3.68. The fourth-order valence-electron chi connectivity index (χ4n) is 2.24. The lowest BCUT2D eigenvalue weighted by atomic mass is 10.2. The number of aromatic nitrogens is 2. The van der Waals surface area contributed by atoms with E-state index in [-0.39, 0.29) is 5.91 Å². The SMILES string of the molecule is CN(C)C(=O)CSc1nc(-c2ccccc2)cn1-c1ccccc1. The Morgan fingerprint density at radius 3 is 2.29 bits per heavy atom. The summed E-state index contributed by atoms with van der Waals surface area (Å²) >= 11 is 1.45. The van der Waals surface area contributed by atoms with Crippen LogP contribution in [-0.4, -0.2) is 40.2 Å². The number of benzene rings is 2. The normalized spacial score (nSPS) is 10.6. The number of hydrogen-bond donors (Lipinski definition) is 0. The second-order valence-electron chi connectivity index (χ2n) is 5.56. The van der Waals surface area contributed by atoms with Crippen LogP contribution >= 0.6 is 11.8 Å². The molecule has 0 unspecified atom stereocenters. The molecule has 0 atom stereocenters. The molecule has 0 saturated carbocycles. The van der Waals surface area contributed by atoms with E-state index < -0.39 is 0 Å². The van der Waals surface area contributed by atoms with Gasteiger partial charge in [0.05, 0.1) is 11.4 Å². The number of thioether (sulfide) groups is 1. The summed E-state index contributed by atoms with van der Waals surface area (Å²) in [6.45, 7) is 0. The summed E-state index contributed by atoms with van der Waals surface area (Å²) in [6, 6.07) is 20.1. The number of para-hydroxylation sites is 1. The first-order valence-electron chi connectivity index (χ1n) is 7.68. The van der Waals surface area contributed by atoms with Crippen LogP contribution in [0.2, 0.25) is 0 Å². The lowest BCUT2D eigenvalue weighted by Crippen LogP contribution is -2.23. The summed E-state index contributed by atoms with van der Waals surface area (Å²) in [5, 5.41) is 0.815. The monoisotopic (exact) mass is 337 g/mol. The number of imidazole rings is 1. The van der Waals surface area contributed by atoms with Crippen molar-refractivity contribution in [1.29, 1.82) is 0 Å².